The molecule has 0 spiro atoms. The third-order valence-electron chi connectivity index (χ3n) is 4.61. The SMILES string of the molecule is Cn1cc(-c2nc(N3CCC(Oc4cc(F)cc(F)c4)CC3)no2)ccc1=O. The number of benzene rings is 1. The van der Waals surface area contributed by atoms with Crippen molar-refractivity contribution in [3.63, 3.8) is 0 Å². The molecule has 0 radical (unpaired) electrons. The summed E-state index contributed by atoms with van der Waals surface area (Å²) in [5, 5.41) is 4.01. The molecule has 0 saturated carbocycles. The van der Waals surface area contributed by atoms with Crippen LogP contribution in [0.1, 0.15) is 12.8 Å². The molecule has 7 nitrogen and oxygen atoms in total. The average Bonchev–Trinajstić information content (AvgIpc) is 3.14. The Hall–Kier alpha value is -3.23. The van der Waals surface area contributed by atoms with Crippen molar-refractivity contribution < 1.29 is 18.0 Å². The van der Waals surface area contributed by atoms with Crippen LogP contribution in [0.4, 0.5) is 14.7 Å². The molecule has 0 aliphatic carbocycles. The largest absolute Gasteiger partial charge is 0.490 e. The predicted molar refractivity (Wildman–Crippen MR) is 97.2 cm³/mol. The highest BCUT2D eigenvalue weighted by Gasteiger charge is 2.24. The minimum Gasteiger partial charge on any atom is -0.490 e. The lowest BCUT2D eigenvalue weighted by atomic mass is 10.1. The number of nitrogens with zero attached hydrogens (tertiary/aromatic N) is 4. The summed E-state index contributed by atoms with van der Waals surface area (Å²) in [6.07, 6.45) is 2.80. The zero-order chi connectivity index (χ0) is 19.7. The Morgan fingerprint density at radius 2 is 1.86 bits per heavy atom. The summed E-state index contributed by atoms with van der Waals surface area (Å²) in [4.78, 5) is 17.8. The van der Waals surface area contributed by atoms with Crippen molar-refractivity contribution in [2.45, 2.75) is 18.9 Å². The summed E-state index contributed by atoms with van der Waals surface area (Å²) in [7, 11) is 1.65. The van der Waals surface area contributed by atoms with Crippen molar-refractivity contribution in [3.05, 3.63) is 58.5 Å². The second-order valence-electron chi connectivity index (χ2n) is 6.68. The number of piperidine rings is 1. The quantitative estimate of drug-likeness (QED) is 0.684. The van der Waals surface area contributed by atoms with Gasteiger partial charge < -0.3 is 18.7 Å². The molecule has 3 heterocycles. The summed E-state index contributed by atoms with van der Waals surface area (Å²) >= 11 is 0. The average molecular weight is 388 g/mol. The minimum absolute atomic E-state index is 0.122. The molecule has 146 valence electrons. The molecule has 3 aromatic rings. The van der Waals surface area contributed by atoms with Crippen molar-refractivity contribution in [3.8, 4) is 17.2 Å². The standard InChI is InChI=1S/C19H18F2N4O3/c1-24-11-12(2-3-17(24)26)18-22-19(23-28-18)25-6-4-15(5-7-25)27-16-9-13(20)8-14(21)10-16/h2-3,8-11,15H,4-7H2,1H3. The van der Waals surface area contributed by atoms with Crippen LogP contribution in [0, 0.1) is 11.6 Å². The van der Waals surface area contributed by atoms with Crippen molar-refractivity contribution in [2.75, 3.05) is 18.0 Å². The topological polar surface area (TPSA) is 73.4 Å². The maximum absolute atomic E-state index is 13.3. The first-order valence-electron chi connectivity index (χ1n) is 8.86. The van der Waals surface area contributed by atoms with Crippen LogP contribution in [0.15, 0.2) is 45.8 Å². The Bertz CT molecular complexity index is 1020. The number of anilines is 1. The maximum Gasteiger partial charge on any atom is 0.266 e. The van der Waals surface area contributed by atoms with Gasteiger partial charge in [-0.05, 0) is 11.2 Å². The molecule has 0 unspecified atom stereocenters. The van der Waals surface area contributed by atoms with Gasteiger partial charge in [0.15, 0.2) is 0 Å². The number of pyridine rings is 1. The van der Waals surface area contributed by atoms with Crippen LogP contribution in [-0.4, -0.2) is 33.9 Å². The van der Waals surface area contributed by atoms with Crippen LogP contribution >= 0.6 is 0 Å². The summed E-state index contributed by atoms with van der Waals surface area (Å²) < 4.78 is 39.0. The fraction of sp³-hybridized carbons (Fsp3) is 0.316. The Balaban J connectivity index is 1.39. The third kappa shape index (κ3) is 3.88. The summed E-state index contributed by atoms with van der Waals surface area (Å²) in [5.74, 6) is -0.346. The molecule has 0 N–H and O–H groups in total. The highest BCUT2D eigenvalue weighted by molar-refractivity contribution is 5.52. The summed E-state index contributed by atoms with van der Waals surface area (Å²) in [6, 6.07) is 6.24. The second kappa shape index (κ2) is 7.41. The van der Waals surface area contributed by atoms with E-state index in [1.807, 2.05) is 4.90 Å². The van der Waals surface area contributed by atoms with Crippen LogP contribution in [0.5, 0.6) is 5.75 Å². The Labute approximate surface area is 159 Å². The molecule has 1 aliphatic rings. The molecule has 0 amide bonds. The van der Waals surface area contributed by atoms with Gasteiger partial charge in [0, 0.05) is 63.4 Å². The number of halogens is 2. The van der Waals surface area contributed by atoms with E-state index in [9.17, 15) is 13.6 Å². The fourth-order valence-corrected chi connectivity index (χ4v) is 3.14. The van der Waals surface area contributed by atoms with E-state index < -0.39 is 11.6 Å². The van der Waals surface area contributed by atoms with Gasteiger partial charge in [0.1, 0.15) is 23.5 Å². The molecule has 1 aliphatic heterocycles. The van der Waals surface area contributed by atoms with Gasteiger partial charge in [-0.25, -0.2) is 8.78 Å². The number of aromatic nitrogens is 3. The molecule has 0 bridgehead atoms. The number of ether oxygens (including phenoxy) is 1. The highest BCUT2D eigenvalue weighted by atomic mass is 19.1. The van der Waals surface area contributed by atoms with Gasteiger partial charge in [-0.2, -0.15) is 4.98 Å². The number of hydrogen-bond donors (Lipinski definition) is 0. The lowest BCUT2D eigenvalue weighted by Gasteiger charge is -2.31. The minimum atomic E-state index is -0.662. The first kappa shape index (κ1) is 18.1. The molecule has 1 aromatic carbocycles. The maximum atomic E-state index is 13.3. The molecular weight excluding hydrogens is 370 g/mol. The fourth-order valence-electron chi connectivity index (χ4n) is 3.14. The van der Waals surface area contributed by atoms with E-state index in [0.29, 0.717) is 43.3 Å². The first-order chi connectivity index (χ1) is 13.5. The molecule has 1 fully saturated rings. The van der Waals surface area contributed by atoms with Crippen molar-refractivity contribution in [1.29, 1.82) is 0 Å². The second-order valence-corrected chi connectivity index (χ2v) is 6.68. The summed E-state index contributed by atoms with van der Waals surface area (Å²) in [5.41, 5.74) is 0.538. The molecule has 4 rings (SSSR count). The van der Waals surface area contributed by atoms with Crippen molar-refractivity contribution in [2.24, 2.45) is 7.05 Å². The van der Waals surface area contributed by atoms with E-state index in [-0.39, 0.29) is 17.4 Å². The van der Waals surface area contributed by atoms with Gasteiger partial charge in [-0.15, -0.1) is 0 Å². The molecule has 2 aromatic heterocycles. The number of aryl methyl sites for hydroxylation is 1. The van der Waals surface area contributed by atoms with Gasteiger partial charge in [0.25, 0.3) is 11.8 Å². The van der Waals surface area contributed by atoms with Gasteiger partial charge >= 0.3 is 0 Å². The monoisotopic (exact) mass is 388 g/mol. The lowest BCUT2D eigenvalue weighted by molar-refractivity contribution is 0.169. The van der Waals surface area contributed by atoms with Crippen LogP contribution in [0.2, 0.25) is 0 Å². The van der Waals surface area contributed by atoms with E-state index in [0.717, 1.165) is 6.07 Å². The Morgan fingerprint density at radius 3 is 2.54 bits per heavy atom. The van der Waals surface area contributed by atoms with Crippen LogP contribution in [0.3, 0.4) is 0 Å². The predicted octanol–water partition coefficient (Wildman–Crippen LogP) is 2.76. The molecule has 28 heavy (non-hydrogen) atoms. The molecule has 1 saturated heterocycles. The Kier molecular flexibility index (Phi) is 4.81. The van der Waals surface area contributed by atoms with E-state index in [2.05, 4.69) is 10.1 Å². The lowest BCUT2D eigenvalue weighted by Crippen LogP contribution is -2.38. The highest BCUT2D eigenvalue weighted by Crippen LogP contribution is 2.25. The van der Waals surface area contributed by atoms with E-state index in [1.165, 1.54) is 22.8 Å². The first-order valence-corrected chi connectivity index (χ1v) is 8.86. The zero-order valence-corrected chi connectivity index (χ0v) is 15.1. The van der Waals surface area contributed by atoms with Gasteiger partial charge in [0.05, 0.1) is 5.56 Å². The molecule has 9 heteroatoms. The number of hydrogen-bond acceptors (Lipinski definition) is 6. The smallest absolute Gasteiger partial charge is 0.266 e. The van der Waals surface area contributed by atoms with E-state index in [4.69, 9.17) is 9.26 Å². The number of rotatable bonds is 4. The Morgan fingerprint density at radius 1 is 1.14 bits per heavy atom. The van der Waals surface area contributed by atoms with E-state index in [1.54, 1.807) is 19.3 Å². The third-order valence-corrected chi connectivity index (χ3v) is 4.61. The summed E-state index contributed by atoms with van der Waals surface area (Å²) in [6.45, 7) is 1.24. The van der Waals surface area contributed by atoms with Gasteiger partial charge in [-0.1, -0.05) is 0 Å². The van der Waals surface area contributed by atoms with E-state index >= 15 is 0 Å². The van der Waals surface area contributed by atoms with Crippen LogP contribution < -0.4 is 15.2 Å². The van der Waals surface area contributed by atoms with Crippen molar-refractivity contribution in [1.82, 2.24) is 14.7 Å². The van der Waals surface area contributed by atoms with Gasteiger partial charge in [0.2, 0.25) is 5.56 Å². The normalized spacial score (nSPS) is 15.0. The van der Waals surface area contributed by atoms with Crippen LogP contribution in [-0.2, 0) is 7.05 Å². The van der Waals surface area contributed by atoms with Gasteiger partial charge in [-0.3, -0.25) is 4.79 Å². The zero-order valence-electron chi connectivity index (χ0n) is 15.1. The molecule has 0 atom stereocenters. The van der Waals surface area contributed by atoms with Crippen molar-refractivity contribution >= 4 is 5.95 Å². The van der Waals surface area contributed by atoms with Crippen LogP contribution in [0.25, 0.3) is 11.5 Å². The molecular formula is C19H18F2N4O3.